The summed E-state index contributed by atoms with van der Waals surface area (Å²) in [6.07, 6.45) is 2.95. The minimum absolute atomic E-state index is 0.193. The lowest BCUT2D eigenvalue weighted by Crippen LogP contribution is -2.24. The van der Waals surface area contributed by atoms with E-state index >= 15 is 0 Å². The quantitative estimate of drug-likeness (QED) is 0.486. The lowest BCUT2D eigenvalue weighted by Gasteiger charge is -2.18. The SMILES string of the molecule is CCCCOC(=O)C(C)CC(CC)OC(C)=O. The van der Waals surface area contributed by atoms with Gasteiger partial charge in [0.15, 0.2) is 0 Å². The predicted molar refractivity (Wildman–Crippen MR) is 65.5 cm³/mol. The number of carbonyl (C=O) groups is 2. The molecular formula is C13H24O4. The van der Waals surface area contributed by atoms with Crippen LogP contribution in [0.25, 0.3) is 0 Å². The lowest BCUT2D eigenvalue weighted by atomic mass is 10.0. The fourth-order valence-corrected chi connectivity index (χ4v) is 1.48. The number of hydrogen-bond acceptors (Lipinski definition) is 4. The molecule has 0 aromatic rings. The van der Waals surface area contributed by atoms with Crippen molar-refractivity contribution in [2.45, 2.75) is 59.5 Å². The lowest BCUT2D eigenvalue weighted by molar-refractivity contribution is -0.154. The van der Waals surface area contributed by atoms with Crippen molar-refractivity contribution in [3.8, 4) is 0 Å². The van der Waals surface area contributed by atoms with Gasteiger partial charge in [0.25, 0.3) is 0 Å². The van der Waals surface area contributed by atoms with Crippen LogP contribution in [-0.2, 0) is 19.1 Å². The smallest absolute Gasteiger partial charge is 0.308 e. The molecule has 0 fully saturated rings. The molecule has 0 saturated carbocycles. The van der Waals surface area contributed by atoms with Crippen LogP contribution in [0.1, 0.15) is 53.4 Å². The zero-order valence-electron chi connectivity index (χ0n) is 11.3. The Labute approximate surface area is 104 Å². The Hall–Kier alpha value is -1.06. The van der Waals surface area contributed by atoms with Gasteiger partial charge >= 0.3 is 11.9 Å². The molecule has 0 aromatic carbocycles. The van der Waals surface area contributed by atoms with E-state index in [2.05, 4.69) is 0 Å². The van der Waals surface area contributed by atoms with Crippen molar-refractivity contribution < 1.29 is 19.1 Å². The summed E-state index contributed by atoms with van der Waals surface area (Å²) in [5, 5.41) is 0. The molecule has 0 radical (unpaired) electrons. The summed E-state index contributed by atoms with van der Waals surface area (Å²) < 4.78 is 10.2. The summed E-state index contributed by atoms with van der Waals surface area (Å²) in [5.41, 5.74) is 0. The summed E-state index contributed by atoms with van der Waals surface area (Å²) in [5.74, 6) is -0.733. The van der Waals surface area contributed by atoms with Crippen LogP contribution in [0.4, 0.5) is 0 Å². The first-order chi connectivity index (χ1) is 8.01. The maximum Gasteiger partial charge on any atom is 0.308 e. The van der Waals surface area contributed by atoms with E-state index in [9.17, 15) is 9.59 Å². The van der Waals surface area contributed by atoms with E-state index in [-0.39, 0.29) is 24.0 Å². The fourth-order valence-electron chi connectivity index (χ4n) is 1.48. The summed E-state index contributed by atoms with van der Waals surface area (Å²) >= 11 is 0. The number of ether oxygens (including phenoxy) is 2. The van der Waals surface area contributed by atoms with Gasteiger partial charge in [-0.2, -0.15) is 0 Å². The summed E-state index contributed by atoms with van der Waals surface area (Å²) in [7, 11) is 0. The number of carbonyl (C=O) groups excluding carboxylic acids is 2. The second-order valence-corrected chi connectivity index (χ2v) is 4.30. The molecule has 0 aromatic heterocycles. The number of unbranched alkanes of at least 4 members (excludes halogenated alkanes) is 1. The van der Waals surface area contributed by atoms with E-state index in [0.29, 0.717) is 19.4 Å². The fraction of sp³-hybridized carbons (Fsp3) is 0.846. The minimum atomic E-state index is -0.302. The van der Waals surface area contributed by atoms with Gasteiger partial charge in [-0.15, -0.1) is 0 Å². The van der Waals surface area contributed by atoms with E-state index in [0.717, 1.165) is 12.8 Å². The van der Waals surface area contributed by atoms with E-state index in [1.807, 2.05) is 13.8 Å². The van der Waals surface area contributed by atoms with E-state index in [4.69, 9.17) is 9.47 Å². The third-order valence-electron chi connectivity index (χ3n) is 2.55. The number of rotatable bonds is 8. The molecule has 0 heterocycles. The minimum Gasteiger partial charge on any atom is -0.465 e. The van der Waals surface area contributed by atoms with Crippen molar-refractivity contribution in [3.05, 3.63) is 0 Å². The second-order valence-electron chi connectivity index (χ2n) is 4.30. The molecule has 0 saturated heterocycles. The van der Waals surface area contributed by atoms with E-state index < -0.39 is 0 Å². The third-order valence-corrected chi connectivity index (χ3v) is 2.55. The van der Waals surface area contributed by atoms with Gasteiger partial charge in [0, 0.05) is 6.92 Å². The molecule has 17 heavy (non-hydrogen) atoms. The largest absolute Gasteiger partial charge is 0.465 e. The molecule has 0 N–H and O–H groups in total. The van der Waals surface area contributed by atoms with Gasteiger partial charge in [-0.3, -0.25) is 9.59 Å². The predicted octanol–water partition coefficient (Wildman–Crippen LogP) is 2.70. The Morgan fingerprint density at radius 3 is 2.35 bits per heavy atom. The van der Waals surface area contributed by atoms with Crippen molar-refractivity contribution >= 4 is 11.9 Å². The molecule has 4 nitrogen and oxygen atoms in total. The maximum atomic E-state index is 11.6. The van der Waals surface area contributed by atoms with Gasteiger partial charge in [-0.25, -0.2) is 0 Å². The average Bonchev–Trinajstić information content (AvgIpc) is 2.27. The first-order valence-corrected chi connectivity index (χ1v) is 6.35. The molecule has 0 aliphatic heterocycles. The Kier molecular flexibility index (Phi) is 8.46. The second kappa shape index (κ2) is 9.02. The monoisotopic (exact) mass is 244 g/mol. The Morgan fingerprint density at radius 1 is 1.24 bits per heavy atom. The van der Waals surface area contributed by atoms with Crippen molar-refractivity contribution in [3.63, 3.8) is 0 Å². The molecule has 2 unspecified atom stereocenters. The van der Waals surface area contributed by atoms with E-state index in [1.165, 1.54) is 6.92 Å². The highest BCUT2D eigenvalue weighted by Crippen LogP contribution is 2.14. The van der Waals surface area contributed by atoms with Crippen molar-refractivity contribution in [2.24, 2.45) is 5.92 Å². The van der Waals surface area contributed by atoms with Crippen LogP contribution in [0.3, 0.4) is 0 Å². The molecule has 0 bridgehead atoms. The molecule has 2 atom stereocenters. The standard InChI is InChI=1S/C13H24O4/c1-5-7-8-16-13(15)10(3)9-12(6-2)17-11(4)14/h10,12H,5-9H2,1-4H3. The Morgan fingerprint density at radius 2 is 1.88 bits per heavy atom. The maximum absolute atomic E-state index is 11.6. The molecule has 0 amide bonds. The van der Waals surface area contributed by atoms with Gasteiger partial charge in [0.1, 0.15) is 6.10 Å². The van der Waals surface area contributed by atoms with Crippen LogP contribution in [0.15, 0.2) is 0 Å². The first kappa shape index (κ1) is 15.9. The molecule has 4 heteroatoms. The molecule has 0 rings (SSSR count). The van der Waals surface area contributed by atoms with Crippen LogP contribution < -0.4 is 0 Å². The zero-order valence-corrected chi connectivity index (χ0v) is 11.3. The summed E-state index contributed by atoms with van der Waals surface area (Å²) in [4.78, 5) is 22.4. The van der Waals surface area contributed by atoms with Crippen LogP contribution in [0, 0.1) is 5.92 Å². The Bertz CT molecular complexity index is 238. The van der Waals surface area contributed by atoms with E-state index in [1.54, 1.807) is 6.92 Å². The van der Waals surface area contributed by atoms with Crippen LogP contribution in [-0.4, -0.2) is 24.6 Å². The molecule has 100 valence electrons. The highest BCUT2D eigenvalue weighted by Gasteiger charge is 2.20. The molecule has 0 aliphatic rings. The highest BCUT2D eigenvalue weighted by atomic mass is 16.5. The third kappa shape index (κ3) is 7.77. The molecular weight excluding hydrogens is 220 g/mol. The van der Waals surface area contributed by atoms with Gasteiger partial charge in [0.2, 0.25) is 0 Å². The van der Waals surface area contributed by atoms with Crippen LogP contribution >= 0.6 is 0 Å². The molecule has 0 spiro atoms. The zero-order chi connectivity index (χ0) is 13.3. The van der Waals surface area contributed by atoms with Gasteiger partial charge < -0.3 is 9.47 Å². The van der Waals surface area contributed by atoms with Crippen molar-refractivity contribution in [2.75, 3.05) is 6.61 Å². The van der Waals surface area contributed by atoms with Gasteiger partial charge in [-0.1, -0.05) is 27.2 Å². The van der Waals surface area contributed by atoms with Gasteiger partial charge in [-0.05, 0) is 19.3 Å². The number of hydrogen-bond donors (Lipinski definition) is 0. The first-order valence-electron chi connectivity index (χ1n) is 6.35. The van der Waals surface area contributed by atoms with Crippen molar-refractivity contribution in [1.82, 2.24) is 0 Å². The Balaban J connectivity index is 3.98. The van der Waals surface area contributed by atoms with Crippen LogP contribution in [0.2, 0.25) is 0 Å². The molecule has 0 aliphatic carbocycles. The van der Waals surface area contributed by atoms with Gasteiger partial charge in [0.05, 0.1) is 12.5 Å². The number of esters is 2. The van der Waals surface area contributed by atoms with Crippen molar-refractivity contribution in [1.29, 1.82) is 0 Å². The average molecular weight is 244 g/mol. The summed E-state index contributed by atoms with van der Waals surface area (Å²) in [6, 6.07) is 0. The topological polar surface area (TPSA) is 52.6 Å². The highest BCUT2D eigenvalue weighted by molar-refractivity contribution is 5.72. The summed E-state index contributed by atoms with van der Waals surface area (Å²) in [6.45, 7) is 7.64. The van der Waals surface area contributed by atoms with Crippen LogP contribution in [0.5, 0.6) is 0 Å². The normalized spacial score (nSPS) is 13.9.